The quantitative estimate of drug-likeness (QED) is 0.425. The van der Waals surface area contributed by atoms with Gasteiger partial charge in [-0.2, -0.15) is 4.68 Å². The Morgan fingerprint density at radius 3 is 2.87 bits per heavy atom. The van der Waals surface area contributed by atoms with Gasteiger partial charge in [0.1, 0.15) is 5.00 Å². The fourth-order valence-electron chi connectivity index (χ4n) is 3.59. The molecule has 0 fully saturated rings. The first-order chi connectivity index (χ1) is 15.1. The molecule has 0 unspecified atom stereocenters. The lowest BCUT2D eigenvalue weighted by Gasteiger charge is -2.12. The summed E-state index contributed by atoms with van der Waals surface area (Å²) in [6.07, 6.45) is 3.92. The lowest BCUT2D eigenvalue weighted by atomic mass is 9.95. The van der Waals surface area contributed by atoms with Gasteiger partial charge in [-0.3, -0.25) is 4.79 Å². The Balaban J connectivity index is 1.48. The van der Waals surface area contributed by atoms with Crippen molar-refractivity contribution >= 4 is 40.0 Å². The number of hydrogen-bond acceptors (Lipinski definition) is 8. The van der Waals surface area contributed by atoms with Crippen LogP contribution in [0, 0.1) is 6.92 Å². The van der Waals surface area contributed by atoms with E-state index in [9.17, 15) is 9.59 Å². The number of ether oxygens (including phenoxy) is 1. The van der Waals surface area contributed by atoms with Crippen LogP contribution in [0.5, 0.6) is 0 Å². The van der Waals surface area contributed by atoms with E-state index in [1.54, 1.807) is 11.6 Å². The number of rotatable bonds is 7. The van der Waals surface area contributed by atoms with Crippen LogP contribution < -0.4 is 5.32 Å². The van der Waals surface area contributed by atoms with Gasteiger partial charge in [0.05, 0.1) is 23.6 Å². The minimum atomic E-state index is -0.367. The van der Waals surface area contributed by atoms with Crippen molar-refractivity contribution < 1.29 is 14.3 Å². The molecule has 1 amide bonds. The average molecular weight is 458 g/mol. The van der Waals surface area contributed by atoms with Crippen LogP contribution >= 0.6 is 23.1 Å². The van der Waals surface area contributed by atoms with E-state index in [1.165, 1.54) is 28.0 Å². The molecule has 0 saturated heterocycles. The van der Waals surface area contributed by atoms with E-state index in [0.29, 0.717) is 22.3 Å². The SMILES string of the molecule is CCOC(=O)c1c(NC(=O)CSc2nnnn2-c2ccccc2C)sc2c1CCCC2. The number of para-hydroxylation sites is 1. The summed E-state index contributed by atoms with van der Waals surface area (Å²) in [4.78, 5) is 26.4. The highest BCUT2D eigenvalue weighted by atomic mass is 32.2. The number of esters is 1. The Labute approximate surface area is 188 Å². The van der Waals surface area contributed by atoms with Gasteiger partial charge in [-0.05, 0) is 67.2 Å². The number of aromatic nitrogens is 4. The third kappa shape index (κ3) is 4.64. The van der Waals surface area contributed by atoms with Crippen molar-refractivity contribution in [1.82, 2.24) is 20.2 Å². The number of nitrogens with zero attached hydrogens (tertiary/aromatic N) is 4. The van der Waals surface area contributed by atoms with Crippen LogP contribution in [0.2, 0.25) is 0 Å². The highest BCUT2D eigenvalue weighted by molar-refractivity contribution is 7.99. The number of nitrogens with one attached hydrogen (secondary N) is 1. The lowest BCUT2D eigenvalue weighted by molar-refractivity contribution is -0.113. The largest absolute Gasteiger partial charge is 0.462 e. The Bertz CT molecular complexity index is 1110. The molecule has 0 spiro atoms. The van der Waals surface area contributed by atoms with Crippen LogP contribution in [0.1, 0.15) is 46.1 Å². The van der Waals surface area contributed by atoms with Gasteiger partial charge >= 0.3 is 5.97 Å². The summed E-state index contributed by atoms with van der Waals surface area (Å²) in [6, 6.07) is 7.77. The van der Waals surface area contributed by atoms with E-state index < -0.39 is 0 Å². The standard InChI is InChI=1S/C21H23N5O3S2/c1-3-29-20(28)18-14-9-5-7-11-16(14)31-19(18)22-17(27)12-30-21-23-24-25-26(21)15-10-6-4-8-13(15)2/h4,6,8,10H,3,5,7,9,11-12H2,1-2H3,(H,22,27). The second-order valence-corrected chi connectivity index (χ2v) is 9.18. The Morgan fingerprint density at radius 2 is 2.06 bits per heavy atom. The minimum absolute atomic E-state index is 0.122. The summed E-state index contributed by atoms with van der Waals surface area (Å²) in [7, 11) is 0. The summed E-state index contributed by atoms with van der Waals surface area (Å²) in [5.74, 6) is -0.460. The van der Waals surface area contributed by atoms with Crippen molar-refractivity contribution in [3.63, 3.8) is 0 Å². The second-order valence-electron chi connectivity index (χ2n) is 7.13. The van der Waals surface area contributed by atoms with Crippen molar-refractivity contribution in [3.05, 3.63) is 45.8 Å². The van der Waals surface area contributed by atoms with Gasteiger partial charge in [0.25, 0.3) is 0 Å². The molecular formula is C21H23N5O3S2. The molecule has 162 valence electrons. The van der Waals surface area contributed by atoms with E-state index in [4.69, 9.17) is 4.74 Å². The topological polar surface area (TPSA) is 99.0 Å². The summed E-state index contributed by atoms with van der Waals surface area (Å²) < 4.78 is 6.88. The highest BCUT2D eigenvalue weighted by Gasteiger charge is 2.27. The van der Waals surface area contributed by atoms with Gasteiger partial charge in [0.2, 0.25) is 11.1 Å². The molecule has 3 aromatic rings. The van der Waals surface area contributed by atoms with E-state index >= 15 is 0 Å². The average Bonchev–Trinajstić information content (AvgIpc) is 3.36. The molecule has 0 radical (unpaired) electrons. The zero-order valence-corrected chi connectivity index (χ0v) is 19.0. The van der Waals surface area contributed by atoms with Crippen molar-refractivity contribution in [2.75, 3.05) is 17.7 Å². The van der Waals surface area contributed by atoms with Gasteiger partial charge in [0.15, 0.2) is 0 Å². The second kappa shape index (κ2) is 9.61. The fourth-order valence-corrected chi connectivity index (χ4v) is 5.56. The monoisotopic (exact) mass is 457 g/mol. The van der Waals surface area contributed by atoms with Gasteiger partial charge in [-0.1, -0.05) is 30.0 Å². The zero-order valence-electron chi connectivity index (χ0n) is 17.4. The number of hydrogen-bond donors (Lipinski definition) is 1. The van der Waals surface area contributed by atoms with Crippen LogP contribution in [0.25, 0.3) is 5.69 Å². The normalized spacial score (nSPS) is 13.0. The molecule has 0 atom stereocenters. The van der Waals surface area contributed by atoms with Crippen molar-refractivity contribution in [3.8, 4) is 5.69 Å². The van der Waals surface area contributed by atoms with E-state index in [2.05, 4.69) is 20.8 Å². The molecule has 0 saturated carbocycles. The molecule has 4 rings (SSSR count). The number of carbonyl (C=O) groups excluding carboxylic acids is 2. The van der Waals surface area contributed by atoms with Crippen LogP contribution in [-0.4, -0.2) is 44.4 Å². The molecule has 2 heterocycles. The number of thiophene rings is 1. The molecule has 1 aromatic carbocycles. The van der Waals surface area contributed by atoms with Crippen molar-refractivity contribution in [2.24, 2.45) is 0 Å². The molecule has 1 aliphatic carbocycles. The Morgan fingerprint density at radius 1 is 1.26 bits per heavy atom. The van der Waals surface area contributed by atoms with E-state index in [-0.39, 0.29) is 17.6 Å². The highest BCUT2D eigenvalue weighted by Crippen LogP contribution is 2.38. The molecule has 8 nitrogen and oxygen atoms in total. The number of anilines is 1. The summed E-state index contributed by atoms with van der Waals surface area (Å²) in [5.41, 5.74) is 3.45. The first-order valence-corrected chi connectivity index (χ1v) is 12.0. The molecule has 31 heavy (non-hydrogen) atoms. The molecule has 10 heteroatoms. The third-order valence-electron chi connectivity index (χ3n) is 5.02. The number of fused-ring (bicyclic) bond motifs is 1. The molecule has 2 aromatic heterocycles. The first kappa shape index (κ1) is 21.5. The first-order valence-electron chi connectivity index (χ1n) is 10.2. The summed E-state index contributed by atoms with van der Waals surface area (Å²) in [6.45, 7) is 4.06. The zero-order chi connectivity index (χ0) is 21.8. The predicted molar refractivity (Wildman–Crippen MR) is 120 cm³/mol. The predicted octanol–water partition coefficient (Wildman–Crippen LogP) is 3.82. The molecule has 0 bridgehead atoms. The molecular weight excluding hydrogens is 434 g/mol. The Hall–Kier alpha value is -2.72. The van der Waals surface area contributed by atoms with Gasteiger partial charge in [-0.15, -0.1) is 16.4 Å². The molecule has 1 aliphatic rings. The van der Waals surface area contributed by atoms with Crippen molar-refractivity contribution in [2.45, 2.75) is 44.7 Å². The lowest BCUT2D eigenvalue weighted by Crippen LogP contribution is -2.17. The smallest absolute Gasteiger partial charge is 0.341 e. The van der Waals surface area contributed by atoms with Crippen molar-refractivity contribution in [1.29, 1.82) is 0 Å². The van der Waals surface area contributed by atoms with Crippen LogP contribution in [0.15, 0.2) is 29.4 Å². The van der Waals surface area contributed by atoms with Gasteiger partial charge in [-0.25, -0.2) is 4.79 Å². The Kier molecular flexibility index (Phi) is 6.67. The maximum atomic E-state index is 12.7. The van der Waals surface area contributed by atoms with Crippen LogP contribution in [0.3, 0.4) is 0 Å². The number of aryl methyl sites for hydroxylation is 2. The van der Waals surface area contributed by atoms with Crippen LogP contribution in [-0.2, 0) is 22.4 Å². The number of thioether (sulfide) groups is 1. The third-order valence-corrected chi connectivity index (χ3v) is 7.15. The van der Waals surface area contributed by atoms with Crippen LogP contribution in [0.4, 0.5) is 5.00 Å². The number of benzene rings is 1. The maximum absolute atomic E-state index is 12.7. The number of carbonyl (C=O) groups is 2. The number of tetrazole rings is 1. The summed E-state index contributed by atoms with van der Waals surface area (Å²) in [5, 5.41) is 15.9. The minimum Gasteiger partial charge on any atom is -0.462 e. The maximum Gasteiger partial charge on any atom is 0.341 e. The fraction of sp³-hybridized carbons (Fsp3) is 0.381. The molecule has 1 N–H and O–H groups in total. The number of amides is 1. The summed E-state index contributed by atoms with van der Waals surface area (Å²) >= 11 is 2.73. The molecule has 0 aliphatic heterocycles. The van der Waals surface area contributed by atoms with E-state index in [1.807, 2.05) is 31.2 Å². The van der Waals surface area contributed by atoms with Gasteiger partial charge in [0, 0.05) is 4.88 Å². The van der Waals surface area contributed by atoms with E-state index in [0.717, 1.165) is 42.5 Å². The van der Waals surface area contributed by atoms with Gasteiger partial charge < -0.3 is 10.1 Å².